The van der Waals surface area contributed by atoms with Gasteiger partial charge < -0.3 is 14.5 Å². The lowest BCUT2D eigenvalue weighted by atomic mass is 9.97. The standard InChI is InChI=1S/C21H29N3O5S/c1-29-18-6-8-19(9-7-18)30(27,28)24-10-2-3-17(15-24)21(26)23-13-11-22(12-14-23)20(25)16-4-5-16/h6-9,16-17H,2-5,10-15H2,1H3/t17-/m1/s1. The molecule has 9 heteroatoms. The molecule has 0 radical (unpaired) electrons. The Labute approximate surface area is 177 Å². The molecule has 1 aromatic rings. The van der Waals surface area contributed by atoms with E-state index in [-0.39, 0.29) is 35.1 Å². The summed E-state index contributed by atoms with van der Waals surface area (Å²) in [6, 6.07) is 6.33. The fraction of sp³-hybridized carbons (Fsp3) is 0.619. The Morgan fingerprint density at radius 3 is 1.97 bits per heavy atom. The molecule has 0 bridgehead atoms. The van der Waals surface area contributed by atoms with E-state index >= 15 is 0 Å². The van der Waals surface area contributed by atoms with Crippen molar-refractivity contribution < 1.29 is 22.7 Å². The van der Waals surface area contributed by atoms with E-state index in [2.05, 4.69) is 0 Å². The van der Waals surface area contributed by atoms with Crippen molar-refractivity contribution in [1.29, 1.82) is 0 Å². The van der Waals surface area contributed by atoms with Gasteiger partial charge in [0, 0.05) is 45.2 Å². The van der Waals surface area contributed by atoms with Gasteiger partial charge in [-0.15, -0.1) is 0 Å². The number of sulfonamides is 1. The van der Waals surface area contributed by atoms with Crippen molar-refractivity contribution in [3.8, 4) is 5.75 Å². The summed E-state index contributed by atoms with van der Waals surface area (Å²) < 4.78 is 32.6. The largest absolute Gasteiger partial charge is 0.497 e. The van der Waals surface area contributed by atoms with E-state index in [9.17, 15) is 18.0 Å². The third-order valence-electron chi connectivity index (χ3n) is 6.26. The van der Waals surface area contributed by atoms with Crippen molar-refractivity contribution in [3.63, 3.8) is 0 Å². The molecule has 0 N–H and O–H groups in total. The Kier molecular flexibility index (Phi) is 6.02. The second-order valence-electron chi connectivity index (χ2n) is 8.30. The number of piperidine rings is 1. The first kappa shape index (κ1) is 21.1. The number of carbonyl (C=O) groups is 2. The Morgan fingerprint density at radius 1 is 0.867 bits per heavy atom. The van der Waals surface area contributed by atoms with Gasteiger partial charge in [-0.2, -0.15) is 4.31 Å². The molecule has 30 heavy (non-hydrogen) atoms. The Morgan fingerprint density at radius 2 is 1.43 bits per heavy atom. The number of nitrogens with zero attached hydrogens (tertiary/aromatic N) is 3. The zero-order valence-corrected chi connectivity index (χ0v) is 18.1. The normalized spacial score (nSPS) is 23.3. The summed E-state index contributed by atoms with van der Waals surface area (Å²) in [5.41, 5.74) is 0. The van der Waals surface area contributed by atoms with Gasteiger partial charge in [-0.3, -0.25) is 9.59 Å². The monoisotopic (exact) mass is 435 g/mol. The number of rotatable bonds is 5. The maximum absolute atomic E-state index is 13.1. The van der Waals surface area contributed by atoms with E-state index in [1.165, 1.54) is 23.5 Å². The minimum absolute atomic E-state index is 0.00292. The molecule has 1 aliphatic carbocycles. The third kappa shape index (κ3) is 4.32. The maximum Gasteiger partial charge on any atom is 0.243 e. The van der Waals surface area contributed by atoms with Crippen molar-refractivity contribution in [3.05, 3.63) is 24.3 Å². The summed E-state index contributed by atoms with van der Waals surface area (Å²) in [6.45, 7) is 2.82. The first-order valence-corrected chi connectivity index (χ1v) is 12.1. The number of ether oxygens (including phenoxy) is 1. The molecular weight excluding hydrogens is 406 g/mol. The average molecular weight is 436 g/mol. The van der Waals surface area contributed by atoms with E-state index in [1.807, 2.05) is 4.90 Å². The highest BCUT2D eigenvalue weighted by molar-refractivity contribution is 7.89. The lowest BCUT2D eigenvalue weighted by Crippen LogP contribution is -2.54. The SMILES string of the molecule is COc1ccc(S(=O)(=O)N2CCC[C@@H](C(=O)N3CCN(C(=O)C4CC4)CC3)C2)cc1. The zero-order chi connectivity index (χ0) is 21.3. The third-order valence-corrected chi connectivity index (χ3v) is 8.14. The van der Waals surface area contributed by atoms with E-state index in [0.29, 0.717) is 51.3 Å². The van der Waals surface area contributed by atoms with Crippen molar-refractivity contribution in [2.24, 2.45) is 11.8 Å². The van der Waals surface area contributed by atoms with Crippen LogP contribution < -0.4 is 4.74 Å². The predicted molar refractivity (Wildman–Crippen MR) is 110 cm³/mol. The van der Waals surface area contributed by atoms with Gasteiger partial charge in [-0.05, 0) is 49.9 Å². The van der Waals surface area contributed by atoms with Gasteiger partial charge in [0.15, 0.2) is 0 Å². The van der Waals surface area contributed by atoms with E-state index < -0.39 is 10.0 Å². The van der Waals surface area contributed by atoms with Crippen molar-refractivity contribution >= 4 is 21.8 Å². The van der Waals surface area contributed by atoms with Crippen LogP contribution in [0, 0.1) is 11.8 Å². The van der Waals surface area contributed by atoms with Crippen LogP contribution in [-0.4, -0.2) is 80.7 Å². The molecule has 1 atom stereocenters. The van der Waals surface area contributed by atoms with Crippen LogP contribution in [0.5, 0.6) is 5.75 Å². The van der Waals surface area contributed by atoms with E-state index in [1.54, 1.807) is 17.0 Å². The van der Waals surface area contributed by atoms with Gasteiger partial charge in [-0.1, -0.05) is 0 Å². The minimum atomic E-state index is -3.65. The molecule has 8 nitrogen and oxygen atoms in total. The lowest BCUT2D eigenvalue weighted by molar-refractivity contribution is -0.143. The summed E-state index contributed by atoms with van der Waals surface area (Å²) in [6.07, 6.45) is 3.32. The number of methoxy groups -OCH3 is 1. The van der Waals surface area contributed by atoms with Gasteiger partial charge in [0.05, 0.1) is 17.9 Å². The van der Waals surface area contributed by atoms with Crippen LogP contribution in [0.3, 0.4) is 0 Å². The molecule has 0 unspecified atom stereocenters. The molecule has 3 fully saturated rings. The zero-order valence-electron chi connectivity index (χ0n) is 17.3. The molecule has 3 aliphatic rings. The van der Waals surface area contributed by atoms with Crippen molar-refractivity contribution in [1.82, 2.24) is 14.1 Å². The number of benzene rings is 1. The number of hydrogen-bond acceptors (Lipinski definition) is 5. The van der Waals surface area contributed by atoms with Crippen molar-refractivity contribution in [2.75, 3.05) is 46.4 Å². The Bertz CT molecular complexity index is 890. The molecule has 2 heterocycles. The molecule has 0 spiro atoms. The highest BCUT2D eigenvalue weighted by atomic mass is 32.2. The molecule has 4 rings (SSSR count). The van der Waals surface area contributed by atoms with Gasteiger partial charge >= 0.3 is 0 Å². The minimum Gasteiger partial charge on any atom is -0.497 e. The second kappa shape index (κ2) is 8.55. The quantitative estimate of drug-likeness (QED) is 0.693. The molecule has 2 aliphatic heterocycles. The van der Waals surface area contributed by atoms with Crippen LogP contribution in [0.25, 0.3) is 0 Å². The molecule has 2 saturated heterocycles. The van der Waals surface area contributed by atoms with Crippen LogP contribution in [-0.2, 0) is 19.6 Å². The molecule has 164 valence electrons. The summed E-state index contributed by atoms with van der Waals surface area (Å²) >= 11 is 0. The van der Waals surface area contributed by atoms with Gasteiger partial charge in [0.2, 0.25) is 21.8 Å². The first-order valence-electron chi connectivity index (χ1n) is 10.6. The van der Waals surface area contributed by atoms with Crippen molar-refractivity contribution in [2.45, 2.75) is 30.6 Å². The van der Waals surface area contributed by atoms with E-state index in [0.717, 1.165) is 12.8 Å². The molecular formula is C21H29N3O5S. The maximum atomic E-state index is 13.1. The number of amides is 2. The number of hydrogen-bond donors (Lipinski definition) is 0. The first-order chi connectivity index (χ1) is 14.4. The van der Waals surface area contributed by atoms with Crippen LogP contribution in [0.2, 0.25) is 0 Å². The number of carbonyl (C=O) groups excluding carboxylic acids is 2. The van der Waals surface area contributed by atoms with Gasteiger partial charge in [-0.25, -0.2) is 8.42 Å². The summed E-state index contributed by atoms with van der Waals surface area (Å²) in [7, 11) is -2.12. The van der Waals surface area contributed by atoms with Gasteiger partial charge in [0.25, 0.3) is 0 Å². The van der Waals surface area contributed by atoms with Crippen LogP contribution in [0.4, 0.5) is 0 Å². The molecule has 1 aromatic carbocycles. The smallest absolute Gasteiger partial charge is 0.243 e. The van der Waals surface area contributed by atoms with Crippen LogP contribution in [0.15, 0.2) is 29.2 Å². The fourth-order valence-corrected chi connectivity index (χ4v) is 5.78. The lowest BCUT2D eigenvalue weighted by Gasteiger charge is -2.38. The highest BCUT2D eigenvalue weighted by Crippen LogP contribution is 2.31. The summed E-state index contributed by atoms with van der Waals surface area (Å²) in [5, 5.41) is 0. The Hall–Kier alpha value is -2.13. The fourth-order valence-electron chi connectivity index (χ4n) is 4.25. The highest BCUT2D eigenvalue weighted by Gasteiger charge is 2.38. The molecule has 0 aromatic heterocycles. The van der Waals surface area contributed by atoms with Gasteiger partial charge in [0.1, 0.15) is 5.75 Å². The van der Waals surface area contributed by atoms with Crippen LogP contribution >= 0.6 is 0 Å². The summed E-state index contributed by atoms with van der Waals surface area (Å²) in [5.74, 6) is 0.680. The summed E-state index contributed by atoms with van der Waals surface area (Å²) in [4.78, 5) is 29.1. The topological polar surface area (TPSA) is 87.2 Å². The number of piperazine rings is 1. The Balaban J connectivity index is 1.37. The average Bonchev–Trinajstić information content (AvgIpc) is 3.64. The molecule has 2 amide bonds. The van der Waals surface area contributed by atoms with E-state index in [4.69, 9.17) is 4.74 Å². The molecule has 1 saturated carbocycles. The predicted octanol–water partition coefficient (Wildman–Crippen LogP) is 1.18. The second-order valence-corrected chi connectivity index (χ2v) is 10.2. The van der Waals surface area contributed by atoms with Crippen LogP contribution in [0.1, 0.15) is 25.7 Å².